The summed E-state index contributed by atoms with van der Waals surface area (Å²) in [5.41, 5.74) is 3.89. The van der Waals surface area contributed by atoms with Crippen molar-refractivity contribution in [1.29, 1.82) is 0 Å². The van der Waals surface area contributed by atoms with Gasteiger partial charge in [0.25, 0.3) is 0 Å². The number of urea groups is 1. The van der Waals surface area contributed by atoms with Gasteiger partial charge in [-0.15, -0.1) is 0 Å². The van der Waals surface area contributed by atoms with Crippen molar-refractivity contribution in [2.24, 2.45) is 5.10 Å². The number of furan rings is 1. The molecule has 1 fully saturated rings. The van der Waals surface area contributed by atoms with E-state index in [2.05, 4.69) is 38.0 Å². The third-order valence-corrected chi connectivity index (χ3v) is 6.51. The number of esters is 1. The molecule has 1 aromatic heterocycles. The fourth-order valence-electron chi connectivity index (χ4n) is 4.42. The van der Waals surface area contributed by atoms with Crippen LogP contribution in [-0.2, 0) is 9.53 Å². The summed E-state index contributed by atoms with van der Waals surface area (Å²) in [7, 11) is 3.38. The van der Waals surface area contributed by atoms with Crippen LogP contribution in [0.5, 0.6) is 11.5 Å². The largest absolute Gasteiger partial charge is 0.490 e. The van der Waals surface area contributed by atoms with Gasteiger partial charge >= 0.3 is 12.0 Å². The number of hydrogen-bond acceptors (Lipinski definition) is 11. The Morgan fingerprint density at radius 3 is 2.73 bits per heavy atom. The van der Waals surface area contributed by atoms with Gasteiger partial charge in [0.15, 0.2) is 23.6 Å². The predicted octanol–water partition coefficient (Wildman–Crippen LogP) is 1.55. The molecule has 0 radical (unpaired) electrons. The first-order valence-corrected chi connectivity index (χ1v) is 13.0. The minimum atomic E-state index is -1.11. The van der Waals surface area contributed by atoms with Crippen LogP contribution in [0, 0.1) is 0 Å². The summed E-state index contributed by atoms with van der Waals surface area (Å²) in [6, 6.07) is 7.59. The zero-order valence-electron chi connectivity index (χ0n) is 23.1. The van der Waals surface area contributed by atoms with Crippen molar-refractivity contribution in [3.05, 3.63) is 52.9 Å². The number of carbonyl (C=O) groups is 2. The van der Waals surface area contributed by atoms with E-state index in [0.717, 1.165) is 32.1 Å². The lowest BCUT2D eigenvalue weighted by Crippen LogP contribution is -2.45. The first kappa shape index (κ1) is 28.8. The van der Waals surface area contributed by atoms with E-state index in [1.165, 1.54) is 13.3 Å². The molecule has 2 aromatic rings. The van der Waals surface area contributed by atoms with Gasteiger partial charge in [-0.25, -0.2) is 9.59 Å². The van der Waals surface area contributed by atoms with Crippen molar-refractivity contribution in [2.75, 3.05) is 58.5 Å². The number of hydrazone groups is 1. The maximum atomic E-state index is 12.4. The Morgan fingerprint density at radius 2 is 2.00 bits per heavy atom. The van der Waals surface area contributed by atoms with E-state index >= 15 is 0 Å². The standard InChI is InChI=1S/C27H36N6O7/c1-5-38-21-14-18(25-24(26(35)37-4)17(2)29-27(36)30-25)6-8-20(21)39-16-22(34)31-28-15-19-7-9-23(40-19)33-12-10-32(3)11-13-33/h6-9,14-15,22,25,31,34H,5,10-13,16H2,1-4H3,(H2,29,30,36)/b28-15-/t22-,25+/m1/s1. The second kappa shape index (κ2) is 13.2. The summed E-state index contributed by atoms with van der Waals surface area (Å²) in [5, 5.41) is 19.7. The van der Waals surface area contributed by atoms with E-state index in [4.69, 9.17) is 18.6 Å². The Kier molecular flexibility index (Phi) is 9.51. The number of anilines is 1. The van der Waals surface area contributed by atoms with Crippen molar-refractivity contribution in [1.82, 2.24) is 21.0 Å². The molecule has 13 heteroatoms. The third kappa shape index (κ3) is 7.04. The molecule has 4 rings (SSSR count). The summed E-state index contributed by atoms with van der Waals surface area (Å²) in [6.07, 6.45) is 0.378. The highest BCUT2D eigenvalue weighted by Crippen LogP contribution is 2.35. The fraction of sp³-hybridized carbons (Fsp3) is 0.444. The van der Waals surface area contributed by atoms with Gasteiger partial charge in [-0.3, -0.25) is 5.43 Å². The molecule has 1 aromatic carbocycles. The minimum absolute atomic E-state index is 0.127. The Hall–Kier alpha value is -4.23. The van der Waals surface area contributed by atoms with Crippen molar-refractivity contribution in [3.8, 4) is 11.5 Å². The molecule has 3 heterocycles. The van der Waals surface area contributed by atoms with Gasteiger partial charge in [0.05, 0.1) is 31.5 Å². The van der Waals surface area contributed by atoms with Gasteiger partial charge in [-0.1, -0.05) is 6.07 Å². The number of piperazine rings is 1. The maximum Gasteiger partial charge on any atom is 0.337 e. The molecular weight excluding hydrogens is 520 g/mol. The van der Waals surface area contributed by atoms with Gasteiger partial charge in [-0.2, -0.15) is 5.10 Å². The fourth-order valence-corrected chi connectivity index (χ4v) is 4.42. The molecule has 0 unspecified atom stereocenters. The summed E-state index contributed by atoms with van der Waals surface area (Å²) < 4.78 is 22.3. The summed E-state index contributed by atoms with van der Waals surface area (Å²) in [6.45, 7) is 7.43. The van der Waals surface area contributed by atoms with E-state index in [1.807, 2.05) is 19.1 Å². The highest BCUT2D eigenvalue weighted by Gasteiger charge is 2.32. The van der Waals surface area contributed by atoms with E-state index in [9.17, 15) is 14.7 Å². The van der Waals surface area contributed by atoms with Crippen LogP contribution < -0.4 is 30.4 Å². The Balaban J connectivity index is 1.36. The lowest BCUT2D eigenvalue weighted by atomic mass is 9.95. The maximum absolute atomic E-state index is 12.4. The van der Waals surface area contributed by atoms with Gasteiger partial charge in [0.1, 0.15) is 12.4 Å². The number of amides is 2. The van der Waals surface area contributed by atoms with Gasteiger partial charge in [-0.05, 0) is 44.7 Å². The van der Waals surface area contributed by atoms with Crippen LogP contribution in [0.4, 0.5) is 10.7 Å². The summed E-state index contributed by atoms with van der Waals surface area (Å²) in [4.78, 5) is 29.0. The van der Waals surface area contributed by atoms with E-state index in [0.29, 0.717) is 35.1 Å². The van der Waals surface area contributed by atoms with E-state index in [1.54, 1.807) is 25.1 Å². The number of methoxy groups -OCH3 is 1. The normalized spacial score (nSPS) is 18.8. The highest BCUT2D eigenvalue weighted by molar-refractivity contribution is 5.95. The zero-order valence-corrected chi connectivity index (χ0v) is 23.1. The van der Waals surface area contributed by atoms with Crippen molar-refractivity contribution in [3.63, 3.8) is 0 Å². The number of likely N-dealkylation sites (N-methyl/N-ethyl adjacent to an activating group) is 1. The van der Waals surface area contributed by atoms with Crippen LogP contribution in [0.3, 0.4) is 0 Å². The Bertz CT molecular complexity index is 1250. The molecule has 1 saturated heterocycles. The van der Waals surface area contributed by atoms with Gasteiger partial charge < -0.3 is 44.2 Å². The Labute approximate surface area is 232 Å². The molecule has 0 saturated carbocycles. The molecule has 40 heavy (non-hydrogen) atoms. The van der Waals surface area contributed by atoms with Crippen LogP contribution in [0.2, 0.25) is 0 Å². The predicted molar refractivity (Wildman–Crippen MR) is 147 cm³/mol. The summed E-state index contributed by atoms with van der Waals surface area (Å²) in [5.74, 6) is 1.55. The van der Waals surface area contributed by atoms with Crippen molar-refractivity contribution >= 4 is 24.1 Å². The monoisotopic (exact) mass is 556 g/mol. The van der Waals surface area contributed by atoms with Crippen LogP contribution in [0.25, 0.3) is 0 Å². The number of ether oxygens (including phenoxy) is 3. The minimum Gasteiger partial charge on any atom is -0.490 e. The number of rotatable bonds is 11. The smallest absolute Gasteiger partial charge is 0.337 e. The van der Waals surface area contributed by atoms with Crippen LogP contribution >= 0.6 is 0 Å². The second-order valence-corrected chi connectivity index (χ2v) is 9.38. The molecule has 4 N–H and O–H groups in total. The van der Waals surface area contributed by atoms with Gasteiger partial charge in [0, 0.05) is 37.9 Å². The van der Waals surface area contributed by atoms with Crippen molar-refractivity contribution < 1.29 is 33.3 Å². The molecule has 0 spiro atoms. The number of nitrogens with zero attached hydrogens (tertiary/aromatic N) is 3. The number of nitrogens with one attached hydrogen (secondary N) is 3. The second-order valence-electron chi connectivity index (χ2n) is 9.38. The van der Waals surface area contributed by atoms with E-state index in [-0.39, 0.29) is 12.2 Å². The number of aliphatic hydroxyl groups is 1. The van der Waals surface area contributed by atoms with Crippen molar-refractivity contribution in [2.45, 2.75) is 26.1 Å². The van der Waals surface area contributed by atoms with E-state index < -0.39 is 24.3 Å². The molecule has 13 nitrogen and oxygen atoms in total. The van der Waals surface area contributed by atoms with Gasteiger partial charge in [0.2, 0.25) is 0 Å². The average molecular weight is 557 g/mol. The first-order chi connectivity index (χ1) is 19.3. The van der Waals surface area contributed by atoms with Crippen LogP contribution in [0.1, 0.15) is 31.2 Å². The third-order valence-electron chi connectivity index (χ3n) is 6.51. The lowest BCUT2D eigenvalue weighted by molar-refractivity contribution is -0.136. The molecule has 2 aliphatic heterocycles. The molecule has 0 bridgehead atoms. The van der Waals surface area contributed by atoms with Crippen LogP contribution in [0.15, 0.2) is 51.1 Å². The molecule has 0 aliphatic carbocycles. The lowest BCUT2D eigenvalue weighted by Gasteiger charge is -2.32. The average Bonchev–Trinajstić information content (AvgIpc) is 3.41. The first-order valence-electron chi connectivity index (χ1n) is 13.0. The number of carbonyl (C=O) groups excluding carboxylic acids is 2. The number of benzene rings is 1. The molecule has 216 valence electrons. The highest BCUT2D eigenvalue weighted by atomic mass is 16.5. The topological polar surface area (TPSA) is 150 Å². The molecule has 2 amide bonds. The number of hydrogen-bond donors (Lipinski definition) is 4. The number of aliphatic hydroxyl groups excluding tert-OH is 1. The zero-order chi connectivity index (χ0) is 28.6. The molecule has 2 atom stereocenters. The molecular formula is C27H36N6O7. The number of allylic oxidation sites excluding steroid dienone is 1. The molecule has 2 aliphatic rings. The SMILES string of the molecule is CCOc1cc([C@@H]2NC(=O)NC(C)=C2C(=O)OC)ccc1OC[C@@H](O)N/N=C\c1ccc(N2CCN(C)CC2)o1. The quantitative estimate of drug-likeness (QED) is 0.139. The van der Waals surface area contributed by atoms with Crippen LogP contribution in [-0.4, -0.2) is 88.0 Å². The summed E-state index contributed by atoms with van der Waals surface area (Å²) >= 11 is 0. The Morgan fingerprint density at radius 1 is 1.23 bits per heavy atom.